The summed E-state index contributed by atoms with van der Waals surface area (Å²) in [5.41, 5.74) is 6.09. The van der Waals surface area contributed by atoms with Crippen molar-refractivity contribution >= 4 is 28.6 Å². The molecule has 0 aliphatic heterocycles. The first-order valence-corrected chi connectivity index (χ1v) is 11.9. The second-order valence-corrected chi connectivity index (χ2v) is 8.59. The van der Waals surface area contributed by atoms with Gasteiger partial charge in [-0.3, -0.25) is 4.79 Å². The molecule has 0 atom stereocenters. The van der Waals surface area contributed by atoms with E-state index in [-0.39, 0.29) is 5.91 Å². The van der Waals surface area contributed by atoms with E-state index in [0.29, 0.717) is 6.42 Å². The highest BCUT2D eigenvalue weighted by Gasteiger charge is 2.38. The van der Waals surface area contributed by atoms with Crippen LogP contribution in [0.4, 0.5) is 18.9 Å². The highest BCUT2D eigenvalue weighted by Crippen LogP contribution is 2.27. The number of aromatic nitrogens is 2. The number of imidazole rings is 1. The van der Waals surface area contributed by atoms with Crippen LogP contribution >= 0.6 is 0 Å². The number of hydrogen-bond donors (Lipinski definition) is 2. The number of carboxylic acids is 1. The van der Waals surface area contributed by atoms with Gasteiger partial charge in [-0.05, 0) is 47.5 Å². The molecule has 0 bridgehead atoms. The van der Waals surface area contributed by atoms with Crippen molar-refractivity contribution in [3.63, 3.8) is 0 Å². The van der Waals surface area contributed by atoms with Crippen molar-refractivity contribution in [2.45, 2.75) is 19.1 Å². The molecule has 1 heterocycles. The number of carbonyl (C=O) groups is 2. The Hall–Kier alpha value is -4.92. The number of aliphatic carboxylic acids is 1. The molecule has 198 valence electrons. The summed E-state index contributed by atoms with van der Waals surface area (Å²) in [6.07, 6.45) is -4.73. The number of carboxylic acid groups (broad SMARTS) is 1. The molecular weight excluding hydrogens is 507 g/mol. The fourth-order valence-corrected chi connectivity index (χ4v) is 3.91. The van der Waals surface area contributed by atoms with E-state index in [1.54, 1.807) is 0 Å². The van der Waals surface area contributed by atoms with Crippen LogP contribution in [0.3, 0.4) is 0 Å². The Morgan fingerprint density at radius 1 is 0.769 bits per heavy atom. The molecule has 4 aromatic carbocycles. The Morgan fingerprint density at radius 2 is 1.31 bits per heavy atom. The second kappa shape index (κ2) is 12.1. The number of nitrogens with one attached hydrogen (secondary N) is 1. The largest absolute Gasteiger partial charge is 0.490 e. The Labute approximate surface area is 222 Å². The third kappa shape index (κ3) is 7.32. The predicted molar refractivity (Wildman–Crippen MR) is 143 cm³/mol. The third-order valence-corrected chi connectivity index (χ3v) is 5.71. The van der Waals surface area contributed by atoms with E-state index in [1.807, 2.05) is 78.9 Å². The number of fused-ring (bicyclic) bond motifs is 1. The average molecular weight is 532 g/mol. The van der Waals surface area contributed by atoms with Crippen molar-refractivity contribution in [3.8, 4) is 11.4 Å². The Morgan fingerprint density at radius 3 is 1.90 bits per heavy atom. The first kappa shape index (κ1) is 27.1. The molecule has 0 spiro atoms. The van der Waals surface area contributed by atoms with Gasteiger partial charge in [-0.15, -0.1) is 0 Å². The monoisotopic (exact) mass is 531 g/mol. The molecule has 0 fully saturated rings. The van der Waals surface area contributed by atoms with Gasteiger partial charge in [0.1, 0.15) is 5.82 Å². The van der Waals surface area contributed by atoms with Gasteiger partial charge in [0.25, 0.3) is 0 Å². The summed E-state index contributed by atoms with van der Waals surface area (Å²) >= 11 is 0. The molecule has 0 saturated carbocycles. The van der Waals surface area contributed by atoms with Crippen LogP contribution in [0.5, 0.6) is 0 Å². The Kier molecular flexibility index (Phi) is 8.40. The quantitative estimate of drug-likeness (QED) is 0.260. The molecule has 0 saturated heterocycles. The lowest BCUT2D eigenvalue weighted by atomic mass is 10.1. The van der Waals surface area contributed by atoms with Crippen LogP contribution in [0.1, 0.15) is 11.1 Å². The summed E-state index contributed by atoms with van der Waals surface area (Å²) in [7, 11) is 0. The number of para-hydroxylation sites is 2. The van der Waals surface area contributed by atoms with Crippen molar-refractivity contribution < 1.29 is 27.9 Å². The molecule has 39 heavy (non-hydrogen) atoms. The van der Waals surface area contributed by atoms with Gasteiger partial charge in [0, 0.05) is 17.8 Å². The standard InChI is InChI=1S/C28H23N3O.C2HF3O2/c32-27(19-21-9-3-1-4-10-21)29-24-17-15-23(16-18-24)28-30-25-13-7-8-14-26(25)31(28)20-22-11-5-2-6-12-22;3-2(4,5)1(6)7/h1-18H,19-20H2,(H,29,32);(H,6,7). The maximum atomic E-state index is 12.4. The Balaban J connectivity index is 0.000000448. The van der Waals surface area contributed by atoms with Crippen LogP contribution in [0.2, 0.25) is 0 Å². The number of halogens is 3. The van der Waals surface area contributed by atoms with Gasteiger partial charge in [0.15, 0.2) is 0 Å². The lowest BCUT2D eigenvalue weighted by Gasteiger charge is -2.11. The van der Waals surface area contributed by atoms with Crippen LogP contribution in [0.25, 0.3) is 22.4 Å². The molecule has 0 radical (unpaired) electrons. The van der Waals surface area contributed by atoms with Gasteiger partial charge in [0.05, 0.1) is 17.5 Å². The maximum absolute atomic E-state index is 12.4. The minimum absolute atomic E-state index is 0.0275. The number of carbonyl (C=O) groups excluding carboxylic acids is 1. The fourth-order valence-electron chi connectivity index (χ4n) is 3.91. The van der Waals surface area contributed by atoms with Crippen molar-refractivity contribution in [2.24, 2.45) is 0 Å². The van der Waals surface area contributed by atoms with Gasteiger partial charge in [0.2, 0.25) is 5.91 Å². The first-order valence-electron chi connectivity index (χ1n) is 11.9. The maximum Gasteiger partial charge on any atom is 0.490 e. The number of nitrogens with zero attached hydrogens (tertiary/aromatic N) is 2. The number of rotatable bonds is 6. The number of hydrogen-bond acceptors (Lipinski definition) is 3. The van der Waals surface area contributed by atoms with Gasteiger partial charge < -0.3 is 15.0 Å². The van der Waals surface area contributed by atoms with Crippen LogP contribution in [-0.4, -0.2) is 32.7 Å². The summed E-state index contributed by atoms with van der Waals surface area (Å²) in [5, 5.41) is 10.1. The highest BCUT2D eigenvalue weighted by atomic mass is 19.4. The molecule has 5 rings (SSSR count). The summed E-state index contributed by atoms with van der Waals surface area (Å²) in [6.45, 7) is 0.742. The molecule has 1 aromatic heterocycles. The molecule has 0 aliphatic carbocycles. The average Bonchev–Trinajstić information content (AvgIpc) is 3.28. The van der Waals surface area contributed by atoms with E-state index in [0.717, 1.165) is 40.2 Å². The molecule has 0 unspecified atom stereocenters. The lowest BCUT2D eigenvalue weighted by molar-refractivity contribution is -0.192. The summed E-state index contributed by atoms with van der Waals surface area (Å²) in [4.78, 5) is 26.2. The molecule has 6 nitrogen and oxygen atoms in total. The second-order valence-electron chi connectivity index (χ2n) is 8.59. The van der Waals surface area contributed by atoms with E-state index >= 15 is 0 Å². The van der Waals surface area contributed by atoms with E-state index in [1.165, 1.54) is 5.56 Å². The minimum atomic E-state index is -5.08. The van der Waals surface area contributed by atoms with Crippen molar-refractivity contribution in [1.82, 2.24) is 9.55 Å². The van der Waals surface area contributed by atoms with Crippen LogP contribution in [-0.2, 0) is 22.6 Å². The van der Waals surface area contributed by atoms with Gasteiger partial charge in [-0.2, -0.15) is 13.2 Å². The number of amides is 1. The van der Waals surface area contributed by atoms with E-state index < -0.39 is 12.1 Å². The normalized spacial score (nSPS) is 10.9. The molecule has 9 heteroatoms. The van der Waals surface area contributed by atoms with Crippen LogP contribution < -0.4 is 5.32 Å². The minimum Gasteiger partial charge on any atom is -0.475 e. The third-order valence-electron chi connectivity index (χ3n) is 5.71. The molecular formula is C30H24F3N3O3. The number of anilines is 1. The molecule has 0 aliphatic rings. The van der Waals surface area contributed by atoms with Gasteiger partial charge >= 0.3 is 12.1 Å². The zero-order valence-corrected chi connectivity index (χ0v) is 20.6. The summed E-state index contributed by atoms with van der Waals surface area (Å²) < 4.78 is 34.0. The SMILES string of the molecule is O=C(Cc1ccccc1)Nc1ccc(-c2nc3ccccc3n2Cc2ccccc2)cc1.O=C(O)C(F)(F)F. The van der Waals surface area contributed by atoms with Crippen LogP contribution in [0, 0.1) is 0 Å². The summed E-state index contributed by atoms with van der Waals surface area (Å²) in [6, 6.07) is 36.3. The molecule has 5 aromatic rings. The van der Waals surface area contributed by atoms with Crippen molar-refractivity contribution in [3.05, 3.63) is 120 Å². The smallest absolute Gasteiger partial charge is 0.475 e. The zero-order chi connectivity index (χ0) is 27.8. The van der Waals surface area contributed by atoms with Crippen LogP contribution in [0.15, 0.2) is 109 Å². The van der Waals surface area contributed by atoms with Crippen molar-refractivity contribution in [2.75, 3.05) is 5.32 Å². The van der Waals surface area contributed by atoms with E-state index in [4.69, 9.17) is 14.9 Å². The van der Waals surface area contributed by atoms with Gasteiger partial charge in [-0.25, -0.2) is 9.78 Å². The predicted octanol–water partition coefficient (Wildman–Crippen LogP) is 6.57. The fraction of sp³-hybridized carbons (Fsp3) is 0.100. The lowest BCUT2D eigenvalue weighted by Crippen LogP contribution is -2.21. The van der Waals surface area contributed by atoms with E-state index in [9.17, 15) is 18.0 Å². The highest BCUT2D eigenvalue weighted by molar-refractivity contribution is 5.92. The molecule has 1 amide bonds. The first-order chi connectivity index (χ1) is 18.7. The summed E-state index contributed by atoms with van der Waals surface area (Å²) in [5.74, 6) is -1.87. The number of benzene rings is 4. The Bertz CT molecular complexity index is 1550. The van der Waals surface area contributed by atoms with Crippen molar-refractivity contribution in [1.29, 1.82) is 0 Å². The number of alkyl halides is 3. The molecule has 2 N–H and O–H groups in total. The van der Waals surface area contributed by atoms with Gasteiger partial charge in [-0.1, -0.05) is 72.8 Å². The zero-order valence-electron chi connectivity index (χ0n) is 20.6. The topological polar surface area (TPSA) is 84.2 Å². The van der Waals surface area contributed by atoms with E-state index in [2.05, 4.69) is 40.2 Å².